The van der Waals surface area contributed by atoms with Crippen LogP contribution in [-0.2, 0) is 6.54 Å². The molecule has 0 aliphatic carbocycles. The molecule has 0 spiro atoms. The first-order valence-corrected chi connectivity index (χ1v) is 9.10. The fourth-order valence-electron chi connectivity index (χ4n) is 2.20. The second-order valence-corrected chi connectivity index (χ2v) is 7.45. The van der Waals surface area contributed by atoms with Crippen molar-refractivity contribution in [2.24, 2.45) is 0 Å². The molecule has 0 saturated heterocycles. The highest BCUT2D eigenvalue weighted by Gasteiger charge is 2.14. The summed E-state index contributed by atoms with van der Waals surface area (Å²) in [5.41, 5.74) is 1.19. The topological polar surface area (TPSA) is 47.8 Å². The van der Waals surface area contributed by atoms with Gasteiger partial charge in [0.05, 0.1) is 17.2 Å². The zero-order chi connectivity index (χ0) is 16.2. The van der Waals surface area contributed by atoms with E-state index in [0.29, 0.717) is 12.3 Å². The largest absolute Gasteiger partial charge is 0.302 e. The molecule has 0 N–H and O–H groups in total. The maximum absolute atomic E-state index is 12.2. The molecular weight excluding hydrogens is 326 g/mol. The van der Waals surface area contributed by atoms with E-state index in [1.54, 1.807) is 0 Å². The van der Waals surface area contributed by atoms with Gasteiger partial charge in [-0.25, -0.2) is 0 Å². The quantitative estimate of drug-likeness (QED) is 0.502. The van der Waals surface area contributed by atoms with Gasteiger partial charge in [0, 0.05) is 4.88 Å². The van der Waals surface area contributed by atoms with Crippen LogP contribution in [0.15, 0.2) is 47.6 Å². The summed E-state index contributed by atoms with van der Waals surface area (Å²) in [5, 5.41) is 9.15. The van der Waals surface area contributed by atoms with Gasteiger partial charge in [0.1, 0.15) is 5.82 Å². The zero-order valence-corrected chi connectivity index (χ0v) is 14.7. The fraction of sp³-hybridized carbons (Fsp3) is 0.235. The number of carbonyl (C=O) groups excluding carboxylic acids is 1. The number of hydrogen-bond donors (Lipinski definition) is 0. The molecule has 4 nitrogen and oxygen atoms in total. The van der Waals surface area contributed by atoms with E-state index >= 15 is 0 Å². The number of thiophene rings is 1. The summed E-state index contributed by atoms with van der Waals surface area (Å²) < 4.78 is 2.05. The Labute approximate surface area is 143 Å². The number of rotatable bonds is 6. The molecule has 0 unspecified atom stereocenters. The predicted molar refractivity (Wildman–Crippen MR) is 94.4 cm³/mol. The molecule has 2 aromatic heterocycles. The number of aromatic nitrogens is 3. The standard InChI is InChI=1S/C17H17N3OS2/c1-12-8-9-16(23-12)15(21)11-22-17-19-18-13(2)20(17)10-14-6-4-3-5-7-14/h3-9H,10-11H2,1-2H3. The van der Waals surface area contributed by atoms with Crippen LogP contribution in [0.4, 0.5) is 0 Å². The summed E-state index contributed by atoms with van der Waals surface area (Å²) in [5.74, 6) is 1.38. The molecule has 0 aliphatic rings. The summed E-state index contributed by atoms with van der Waals surface area (Å²) in [6, 6.07) is 14.1. The van der Waals surface area contributed by atoms with Gasteiger partial charge in [-0.3, -0.25) is 4.79 Å². The molecule has 0 saturated carbocycles. The second-order valence-electron chi connectivity index (χ2n) is 5.22. The van der Waals surface area contributed by atoms with Gasteiger partial charge in [-0.05, 0) is 31.5 Å². The molecule has 0 atom stereocenters. The van der Waals surface area contributed by atoms with Gasteiger partial charge in [-0.15, -0.1) is 21.5 Å². The van der Waals surface area contributed by atoms with Gasteiger partial charge >= 0.3 is 0 Å². The van der Waals surface area contributed by atoms with Gasteiger partial charge in [-0.2, -0.15) is 0 Å². The predicted octanol–water partition coefficient (Wildman–Crippen LogP) is 3.98. The first-order chi connectivity index (χ1) is 11.1. The van der Waals surface area contributed by atoms with Crippen LogP contribution >= 0.6 is 23.1 Å². The highest BCUT2D eigenvalue weighted by molar-refractivity contribution is 7.99. The van der Waals surface area contributed by atoms with Crippen LogP contribution < -0.4 is 0 Å². The van der Waals surface area contributed by atoms with E-state index in [0.717, 1.165) is 20.7 Å². The molecule has 23 heavy (non-hydrogen) atoms. The number of Topliss-reactive ketones (excluding diaryl/α,β-unsaturated/α-hetero) is 1. The Balaban J connectivity index is 1.70. The Kier molecular flexibility index (Phi) is 4.93. The van der Waals surface area contributed by atoms with Crippen LogP contribution in [0.3, 0.4) is 0 Å². The van der Waals surface area contributed by atoms with Crippen molar-refractivity contribution in [3.05, 3.63) is 63.6 Å². The lowest BCUT2D eigenvalue weighted by atomic mass is 10.2. The minimum absolute atomic E-state index is 0.139. The van der Waals surface area contributed by atoms with Crippen molar-refractivity contribution in [3.63, 3.8) is 0 Å². The third-order valence-corrected chi connectivity index (χ3v) is 5.44. The molecule has 0 amide bonds. The van der Waals surface area contributed by atoms with E-state index in [1.807, 2.05) is 48.7 Å². The SMILES string of the molecule is Cc1ccc(C(=O)CSc2nnc(C)n2Cc2ccccc2)s1. The number of ketones is 1. The van der Waals surface area contributed by atoms with Crippen molar-refractivity contribution < 1.29 is 4.79 Å². The minimum Gasteiger partial charge on any atom is -0.302 e. The summed E-state index contributed by atoms with van der Waals surface area (Å²) in [6.07, 6.45) is 0. The Morgan fingerprint density at radius 1 is 1.13 bits per heavy atom. The lowest BCUT2D eigenvalue weighted by Gasteiger charge is -2.08. The molecule has 3 rings (SSSR count). The fourth-order valence-corrected chi connectivity index (χ4v) is 3.97. The lowest BCUT2D eigenvalue weighted by molar-refractivity contribution is 0.102. The van der Waals surface area contributed by atoms with Crippen LogP contribution in [-0.4, -0.2) is 26.3 Å². The Morgan fingerprint density at radius 2 is 1.91 bits per heavy atom. The summed E-state index contributed by atoms with van der Waals surface area (Å²) in [7, 11) is 0. The van der Waals surface area contributed by atoms with Gasteiger partial charge in [0.15, 0.2) is 10.9 Å². The molecule has 0 radical (unpaired) electrons. The summed E-state index contributed by atoms with van der Waals surface area (Å²) in [4.78, 5) is 14.2. The van der Waals surface area contributed by atoms with Crippen LogP contribution in [0, 0.1) is 13.8 Å². The van der Waals surface area contributed by atoms with Crippen molar-refractivity contribution >= 4 is 28.9 Å². The highest BCUT2D eigenvalue weighted by Crippen LogP contribution is 2.22. The number of hydrogen-bond acceptors (Lipinski definition) is 5. The Morgan fingerprint density at radius 3 is 2.61 bits per heavy atom. The zero-order valence-electron chi connectivity index (χ0n) is 13.0. The average Bonchev–Trinajstić information content (AvgIpc) is 3.14. The lowest BCUT2D eigenvalue weighted by Crippen LogP contribution is -2.06. The van der Waals surface area contributed by atoms with Crippen molar-refractivity contribution in [2.75, 3.05) is 5.75 Å². The van der Waals surface area contributed by atoms with Crippen LogP contribution in [0.2, 0.25) is 0 Å². The molecule has 0 aliphatic heterocycles. The normalized spacial score (nSPS) is 10.9. The molecule has 0 bridgehead atoms. The van der Waals surface area contributed by atoms with Crippen molar-refractivity contribution in [3.8, 4) is 0 Å². The van der Waals surface area contributed by atoms with Gasteiger partial charge in [-0.1, -0.05) is 42.1 Å². The Bertz CT molecular complexity index is 808. The number of thioether (sulfide) groups is 1. The number of aryl methyl sites for hydroxylation is 2. The van der Waals surface area contributed by atoms with E-state index in [9.17, 15) is 4.79 Å². The highest BCUT2D eigenvalue weighted by atomic mass is 32.2. The van der Waals surface area contributed by atoms with Gasteiger partial charge in [0.25, 0.3) is 0 Å². The van der Waals surface area contributed by atoms with E-state index in [1.165, 1.54) is 28.7 Å². The van der Waals surface area contributed by atoms with Crippen LogP contribution in [0.1, 0.15) is 25.9 Å². The van der Waals surface area contributed by atoms with E-state index in [-0.39, 0.29) is 5.78 Å². The van der Waals surface area contributed by atoms with E-state index in [4.69, 9.17) is 0 Å². The van der Waals surface area contributed by atoms with Crippen molar-refractivity contribution in [1.82, 2.24) is 14.8 Å². The third kappa shape index (κ3) is 3.89. The monoisotopic (exact) mass is 343 g/mol. The van der Waals surface area contributed by atoms with E-state index < -0.39 is 0 Å². The molecule has 2 heterocycles. The first-order valence-electron chi connectivity index (χ1n) is 7.29. The average molecular weight is 343 g/mol. The van der Waals surface area contributed by atoms with Gasteiger partial charge < -0.3 is 4.57 Å². The summed E-state index contributed by atoms with van der Waals surface area (Å²) in [6.45, 7) is 4.66. The summed E-state index contributed by atoms with van der Waals surface area (Å²) >= 11 is 2.98. The third-order valence-electron chi connectivity index (χ3n) is 3.43. The number of carbonyl (C=O) groups is 1. The molecule has 3 aromatic rings. The van der Waals surface area contributed by atoms with Crippen LogP contribution in [0.25, 0.3) is 0 Å². The van der Waals surface area contributed by atoms with Crippen molar-refractivity contribution in [2.45, 2.75) is 25.5 Å². The molecule has 118 valence electrons. The van der Waals surface area contributed by atoms with E-state index in [2.05, 4.69) is 22.3 Å². The number of nitrogens with zero attached hydrogens (tertiary/aromatic N) is 3. The van der Waals surface area contributed by atoms with Crippen LogP contribution in [0.5, 0.6) is 0 Å². The Hall–Kier alpha value is -1.92. The van der Waals surface area contributed by atoms with Crippen molar-refractivity contribution in [1.29, 1.82) is 0 Å². The molecular formula is C17H17N3OS2. The maximum Gasteiger partial charge on any atom is 0.191 e. The molecule has 1 aromatic carbocycles. The first kappa shape index (κ1) is 16.0. The number of benzene rings is 1. The smallest absolute Gasteiger partial charge is 0.191 e. The minimum atomic E-state index is 0.139. The molecule has 6 heteroatoms. The second kappa shape index (κ2) is 7.10. The molecule has 0 fully saturated rings. The maximum atomic E-state index is 12.2. The van der Waals surface area contributed by atoms with Gasteiger partial charge in [0.2, 0.25) is 0 Å².